The molecule has 0 radical (unpaired) electrons. The van der Waals surface area contributed by atoms with Crippen molar-refractivity contribution in [2.45, 2.75) is 40.0 Å². The summed E-state index contributed by atoms with van der Waals surface area (Å²) in [5.74, 6) is 0.0980. The van der Waals surface area contributed by atoms with Crippen molar-refractivity contribution in [1.82, 2.24) is 0 Å². The molecule has 1 unspecified atom stereocenters. The van der Waals surface area contributed by atoms with Crippen molar-refractivity contribution >= 4 is 12.3 Å². The molecule has 0 bridgehead atoms. The van der Waals surface area contributed by atoms with Crippen molar-refractivity contribution in [2.24, 2.45) is 17.3 Å². The summed E-state index contributed by atoms with van der Waals surface area (Å²) in [6, 6.07) is 0. The van der Waals surface area contributed by atoms with Crippen molar-refractivity contribution < 1.29 is 14.3 Å². The minimum atomic E-state index is -0.166. The molecule has 17 heavy (non-hydrogen) atoms. The Hall–Kier alpha value is -1.12. The predicted octanol–water partition coefficient (Wildman–Crippen LogP) is 2.75. The summed E-state index contributed by atoms with van der Waals surface area (Å²) >= 11 is 0. The second-order valence-electron chi connectivity index (χ2n) is 5.41. The number of ether oxygens (including phenoxy) is 1. The van der Waals surface area contributed by atoms with Gasteiger partial charge in [0.2, 0.25) is 0 Å². The lowest BCUT2D eigenvalue weighted by Gasteiger charge is -2.30. The van der Waals surface area contributed by atoms with E-state index in [0.717, 1.165) is 19.1 Å². The lowest BCUT2D eigenvalue weighted by Crippen LogP contribution is -2.24. The normalized spacial score (nSPS) is 24.0. The zero-order valence-electron chi connectivity index (χ0n) is 11.2. The third-order valence-corrected chi connectivity index (χ3v) is 4.01. The molecule has 0 fully saturated rings. The molecule has 0 aromatic heterocycles. The van der Waals surface area contributed by atoms with E-state index in [1.807, 2.05) is 6.92 Å². The fourth-order valence-corrected chi connectivity index (χ4v) is 2.57. The van der Waals surface area contributed by atoms with Gasteiger partial charge in [0.1, 0.15) is 6.29 Å². The van der Waals surface area contributed by atoms with E-state index in [4.69, 9.17) is 4.74 Å². The number of hydrogen-bond acceptors (Lipinski definition) is 3. The van der Waals surface area contributed by atoms with Gasteiger partial charge in [0.15, 0.2) is 0 Å². The summed E-state index contributed by atoms with van der Waals surface area (Å²) in [6.45, 7) is 6.20. The average molecular weight is 238 g/mol. The number of allylic oxidation sites excluding steroid dienone is 2. The van der Waals surface area contributed by atoms with E-state index in [2.05, 4.69) is 19.9 Å². The maximum Gasteiger partial charge on any atom is 0.308 e. The molecule has 3 nitrogen and oxygen atoms in total. The first-order chi connectivity index (χ1) is 7.93. The Morgan fingerprint density at radius 3 is 2.82 bits per heavy atom. The fourth-order valence-electron chi connectivity index (χ4n) is 2.57. The zero-order chi connectivity index (χ0) is 13.1. The van der Waals surface area contributed by atoms with E-state index < -0.39 is 0 Å². The summed E-state index contributed by atoms with van der Waals surface area (Å²) in [6.07, 6.45) is 5.45. The van der Waals surface area contributed by atoms with Crippen LogP contribution in [0, 0.1) is 17.3 Å². The molecule has 1 rings (SSSR count). The first-order valence-corrected chi connectivity index (χ1v) is 6.14. The molecular formula is C14H22O3. The van der Waals surface area contributed by atoms with E-state index in [-0.39, 0.29) is 17.3 Å². The first kappa shape index (κ1) is 13.9. The van der Waals surface area contributed by atoms with Crippen LogP contribution in [0.5, 0.6) is 0 Å². The van der Waals surface area contributed by atoms with Crippen molar-refractivity contribution in [3.63, 3.8) is 0 Å². The Kier molecular flexibility index (Phi) is 4.49. The minimum Gasteiger partial charge on any atom is -0.469 e. The van der Waals surface area contributed by atoms with E-state index >= 15 is 0 Å². The quantitative estimate of drug-likeness (QED) is 0.420. The maximum absolute atomic E-state index is 11.4. The van der Waals surface area contributed by atoms with E-state index in [0.29, 0.717) is 12.3 Å². The third kappa shape index (κ3) is 2.96. The van der Waals surface area contributed by atoms with Gasteiger partial charge in [0.05, 0.1) is 13.0 Å². The molecule has 2 atom stereocenters. The molecule has 0 saturated heterocycles. The maximum atomic E-state index is 11.4. The van der Waals surface area contributed by atoms with Crippen molar-refractivity contribution in [3.8, 4) is 0 Å². The summed E-state index contributed by atoms with van der Waals surface area (Å²) in [7, 11) is 1.42. The van der Waals surface area contributed by atoms with Gasteiger partial charge in [0, 0.05) is 6.42 Å². The number of rotatable bonds is 5. The summed E-state index contributed by atoms with van der Waals surface area (Å²) < 4.78 is 4.74. The highest BCUT2D eigenvalue weighted by atomic mass is 16.5. The van der Waals surface area contributed by atoms with Gasteiger partial charge < -0.3 is 9.53 Å². The van der Waals surface area contributed by atoms with E-state index in [1.54, 1.807) is 0 Å². The Balaban J connectivity index is 2.67. The van der Waals surface area contributed by atoms with Crippen LogP contribution in [-0.4, -0.2) is 19.4 Å². The number of hydrogen-bond donors (Lipinski definition) is 0. The van der Waals surface area contributed by atoms with Crippen molar-refractivity contribution in [3.05, 3.63) is 11.6 Å². The molecule has 1 aliphatic rings. The van der Waals surface area contributed by atoms with Gasteiger partial charge in [-0.3, -0.25) is 4.79 Å². The van der Waals surface area contributed by atoms with Gasteiger partial charge >= 0.3 is 5.97 Å². The van der Waals surface area contributed by atoms with Crippen LogP contribution in [-0.2, 0) is 14.3 Å². The Morgan fingerprint density at radius 2 is 2.29 bits per heavy atom. The highest BCUT2D eigenvalue weighted by Gasteiger charge is 2.37. The molecule has 3 heteroatoms. The first-order valence-electron chi connectivity index (χ1n) is 6.14. The molecule has 0 saturated carbocycles. The largest absolute Gasteiger partial charge is 0.469 e. The van der Waals surface area contributed by atoms with Crippen LogP contribution < -0.4 is 0 Å². The molecule has 0 aromatic carbocycles. The molecule has 96 valence electrons. The summed E-state index contributed by atoms with van der Waals surface area (Å²) in [4.78, 5) is 22.0. The standard InChI is InChI=1S/C14H22O3/c1-10(13(16)17-4)9-12-6-5-11(7-8-15)14(12,2)3/h6,8,10-11H,5,7,9H2,1-4H3/t10?,11-/m1/s1. The average Bonchev–Trinajstić information content (AvgIpc) is 2.55. The van der Waals surface area contributed by atoms with Gasteiger partial charge in [-0.2, -0.15) is 0 Å². The van der Waals surface area contributed by atoms with Gasteiger partial charge in [-0.25, -0.2) is 0 Å². The van der Waals surface area contributed by atoms with Gasteiger partial charge in [-0.05, 0) is 24.2 Å². The topological polar surface area (TPSA) is 43.4 Å². The third-order valence-electron chi connectivity index (χ3n) is 4.01. The lowest BCUT2D eigenvalue weighted by molar-refractivity contribution is -0.144. The number of esters is 1. The fraction of sp³-hybridized carbons (Fsp3) is 0.714. The summed E-state index contributed by atoms with van der Waals surface area (Å²) in [5.41, 5.74) is 1.30. The molecule has 0 aliphatic heterocycles. The van der Waals surface area contributed by atoms with Crippen LogP contribution >= 0.6 is 0 Å². The van der Waals surface area contributed by atoms with Gasteiger partial charge in [-0.15, -0.1) is 0 Å². The second-order valence-corrected chi connectivity index (χ2v) is 5.41. The predicted molar refractivity (Wildman–Crippen MR) is 66.4 cm³/mol. The Morgan fingerprint density at radius 1 is 1.65 bits per heavy atom. The lowest BCUT2D eigenvalue weighted by atomic mass is 9.74. The summed E-state index contributed by atoms with van der Waals surface area (Å²) in [5, 5.41) is 0. The molecule has 1 aliphatic carbocycles. The Bertz CT molecular complexity index is 328. The highest BCUT2D eigenvalue weighted by Crippen LogP contribution is 2.46. The SMILES string of the molecule is COC(=O)C(C)CC1=CC[C@H](CC=O)C1(C)C. The Labute approximate surface area is 103 Å². The van der Waals surface area contributed by atoms with Crippen LogP contribution in [0.1, 0.15) is 40.0 Å². The van der Waals surface area contributed by atoms with Crippen LogP contribution in [0.3, 0.4) is 0 Å². The monoisotopic (exact) mass is 238 g/mol. The number of carbonyl (C=O) groups is 2. The van der Waals surface area contributed by atoms with Crippen molar-refractivity contribution in [1.29, 1.82) is 0 Å². The van der Waals surface area contributed by atoms with E-state index in [9.17, 15) is 9.59 Å². The number of aldehydes is 1. The van der Waals surface area contributed by atoms with Crippen molar-refractivity contribution in [2.75, 3.05) is 7.11 Å². The van der Waals surface area contributed by atoms with Crippen LogP contribution in [0.25, 0.3) is 0 Å². The van der Waals surface area contributed by atoms with Crippen LogP contribution in [0.15, 0.2) is 11.6 Å². The zero-order valence-corrected chi connectivity index (χ0v) is 11.2. The number of carbonyl (C=O) groups excluding carboxylic acids is 2. The molecule has 0 aromatic rings. The van der Waals surface area contributed by atoms with E-state index in [1.165, 1.54) is 12.7 Å². The molecule has 0 N–H and O–H groups in total. The van der Waals surface area contributed by atoms with Crippen LogP contribution in [0.2, 0.25) is 0 Å². The van der Waals surface area contributed by atoms with Gasteiger partial charge in [-0.1, -0.05) is 32.4 Å². The second kappa shape index (κ2) is 5.48. The highest BCUT2D eigenvalue weighted by molar-refractivity contribution is 5.72. The molecular weight excluding hydrogens is 216 g/mol. The van der Waals surface area contributed by atoms with Gasteiger partial charge in [0.25, 0.3) is 0 Å². The molecule has 0 amide bonds. The molecule has 0 heterocycles. The smallest absolute Gasteiger partial charge is 0.308 e. The van der Waals surface area contributed by atoms with Crippen LogP contribution in [0.4, 0.5) is 0 Å². The minimum absolute atomic E-state index is 0.0171. The number of methoxy groups -OCH3 is 1. The molecule has 0 spiro atoms.